The zero-order chi connectivity index (χ0) is 35.6. The van der Waals surface area contributed by atoms with Crippen LogP contribution >= 0.6 is 0 Å². The number of benzene rings is 2. The summed E-state index contributed by atoms with van der Waals surface area (Å²) >= 11 is 0. The van der Waals surface area contributed by atoms with Gasteiger partial charge in [-0.2, -0.15) is 43.9 Å². The van der Waals surface area contributed by atoms with Gasteiger partial charge in [0, 0.05) is 12.0 Å². The summed E-state index contributed by atoms with van der Waals surface area (Å²) in [6, 6.07) is 8.16. The number of rotatable bonds is 16. The Kier molecular flexibility index (Phi) is 12.1. The minimum absolute atomic E-state index is 0.180. The first-order valence-electron chi connectivity index (χ1n) is 14.1. The van der Waals surface area contributed by atoms with Crippen LogP contribution in [-0.2, 0) is 8.85 Å². The Labute approximate surface area is 266 Å². The lowest BCUT2D eigenvalue weighted by Crippen LogP contribution is -2.60. The molecule has 0 atom stereocenters. The predicted molar refractivity (Wildman–Crippen MR) is 155 cm³/mol. The van der Waals surface area contributed by atoms with E-state index in [9.17, 15) is 48.3 Å². The molecule has 0 heterocycles. The standard InChI is InChI=1S/C29H37F11O4Si2/c1-6-23(2,3)24(4,5)29(43-45,44-46)42-18-11-9-17(10-12-18)19-13-14-20(22(31)21(19)30)41-16-8-7-15-25(32,33)26(34,35)27(36,37)28(38,39)40/h9-14H,6-8,15-16H2,1-5,45-46H3. The van der Waals surface area contributed by atoms with Gasteiger partial charge in [-0.3, -0.25) is 0 Å². The van der Waals surface area contributed by atoms with Gasteiger partial charge in [0.15, 0.2) is 32.5 Å². The lowest BCUT2D eigenvalue weighted by Gasteiger charge is -2.52. The summed E-state index contributed by atoms with van der Waals surface area (Å²) in [7, 11) is 0.585. The summed E-state index contributed by atoms with van der Waals surface area (Å²) in [6.45, 7) is 9.44. The first-order valence-corrected chi connectivity index (χ1v) is 15.7. The Balaban J connectivity index is 2.12. The molecule has 0 fully saturated rings. The van der Waals surface area contributed by atoms with Crippen molar-refractivity contribution in [2.45, 2.75) is 90.2 Å². The van der Waals surface area contributed by atoms with Crippen molar-refractivity contribution in [3.63, 3.8) is 0 Å². The molecule has 0 amide bonds. The van der Waals surface area contributed by atoms with Gasteiger partial charge in [-0.05, 0) is 48.1 Å². The van der Waals surface area contributed by atoms with Crippen molar-refractivity contribution in [3.05, 3.63) is 48.0 Å². The van der Waals surface area contributed by atoms with Gasteiger partial charge in [0.05, 0.1) is 12.0 Å². The first-order chi connectivity index (χ1) is 20.9. The van der Waals surface area contributed by atoms with E-state index >= 15 is 0 Å². The monoisotopic (exact) mass is 714 g/mol. The fourth-order valence-electron chi connectivity index (χ4n) is 4.58. The smallest absolute Gasteiger partial charge is 0.460 e. The minimum atomic E-state index is -6.97. The van der Waals surface area contributed by atoms with Crippen molar-refractivity contribution in [2.24, 2.45) is 10.8 Å². The van der Waals surface area contributed by atoms with Crippen LogP contribution < -0.4 is 9.47 Å². The number of hydrogen-bond acceptors (Lipinski definition) is 4. The Morgan fingerprint density at radius 1 is 0.696 bits per heavy atom. The molecule has 0 aliphatic carbocycles. The van der Waals surface area contributed by atoms with E-state index < -0.39 is 78.6 Å². The molecule has 0 radical (unpaired) electrons. The maximum atomic E-state index is 15.0. The Hall–Kier alpha value is -2.38. The summed E-state index contributed by atoms with van der Waals surface area (Å²) in [5, 5.41) is 0. The molecule has 0 spiro atoms. The van der Waals surface area contributed by atoms with Crippen molar-refractivity contribution in [3.8, 4) is 22.6 Å². The van der Waals surface area contributed by atoms with Gasteiger partial charge >= 0.3 is 29.9 Å². The normalized spacial score (nSPS) is 15.2. The fraction of sp³-hybridized carbons (Fsp3) is 0.586. The molecule has 2 aromatic rings. The Morgan fingerprint density at radius 3 is 1.72 bits per heavy atom. The topological polar surface area (TPSA) is 36.9 Å². The molecule has 4 nitrogen and oxygen atoms in total. The molecule has 0 aromatic heterocycles. The molecular formula is C29H37F11O4Si2. The van der Waals surface area contributed by atoms with Crippen molar-refractivity contribution in [1.29, 1.82) is 0 Å². The number of alkyl halides is 9. The van der Waals surface area contributed by atoms with Crippen molar-refractivity contribution in [2.75, 3.05) is 6.61 Å². The van der Waals surface area contributed by atoms with E-state index in [2.05, 4.69) is 13.8 Å². The predicted octanol–water partition coefficient (Wildman–Crippen LogP) is 7.74. The van der Waals surface area contributed by atoms with Gasteiger partial charge in [0.25, 0.3) is 0 Å². The van der Waals surface area contributed by atoms with Crippen LogP contribution in [0, 0.1) is 22.5 Å². The van der Waals surface area contributed by atoms with Crippen LogP contribution in [0.4, 0.5) is 48.3 Å². The molecule has 2 aromatic carbocycles. The summed E-state index contributed by atoms with van der Waals surface area (Å²) < 4.78 is 169. The zero-order valence-electron chi connectivity index (χ0n) is 26.3. The van der Waals surface area contributed by atoms with E-state index in [4.69, 9.17) is 18.3 Å². The van der Waals surface area contributed by atoms with E-state index in [1.807, 2.05) is 20.8 Å². The second kappa shape index (κ2) is 14.0. The third-order valence-electron chi connectivity index (χ3n) is 8.70. The number of hydrogen-bond donors (Lipinski definition) is 0. The van der Waals surface area contributed by atoms with E-state index in [0.717, 1.165) is 18.6 Å². The van der Waals surface area contributed by atoms with Crippen LogP contribution in [0.25, 0.3) is 11.1 Å². The average molecular weight is 715 g/mol. The maximum Gasteiger partial charge on any atom is 0.460 e. The van der Waals surface area contributed by atoms with E-state index in [0.29, 0.717) is 26.7 Å². The quantitative estimate of drug-likeness (QED) is 0.0773. The average Bonchev–Trinajstić information content (AvgIpc) is 2.97. The molecule has 0 aliphatic heterocycles. The van der Waals surface area contributed by atoms with Gasteiger partial charge in [-0.25, -0.2) is 4.39 Å². The number of halogens is 11. The van der Waals surface area contributed by atoms with Crippen molar-refractivity contribution >= 4 is 21.0 Å². The van der Waals surface area contributed by atoms with Gasteiger partial charge in [-0.15, -0.1) is 0 Å². The van der Waals surface area contributed by atoms with Gasteiger partial charge in [-0.1, -0.05) is 53.2 Å². The molecule has 0 aliphatic rings. The highest BCUT2D eigenvalue weighted by Crippen LogP contribution is 2.54. The fourth-order valence-corrected chi connectivity index (χ4v) is 6.43. The lowest BCUT2D eigenvalue weighted by molar-refractivity contribution is -0.396. The molecule has 17 heteroatoms. The summed E-state index contributed by atoms with van der Waals surface area (Å²) in [5.41, 5.74) is -0.817. The highest BCUT2D eigenvalue weighted by Gasteiger charge is 2.81. The van der Waals surface area contributed by atoms with Crippen LogP contribution in [0.2, 0.25) is 0 Å². The minimum Gasteiger partial charge on any atom is -0.490 e. The molecule has 2 rings (SSSR count). The van der Waals surface area contributed by atoms with Crippen LogP contribution in [0.1, 0.15) is 60.3 Å². The highest BCUT2D eigenvalue weighted by molar-refractivity contribution is 6.00. The van der Waals surface area contributed by atoms with Crippen LogP contribution in [0.5, 0.6) is 11.5 Å². The van der Waals surface area contributed by atoms with Crippen LogP contribution in [0.15, 0.2) is 36.4 Å². The molecule has 0 bridgehead atoms. The summed E-state index contributed by atoms with van der Waals surface area (Å²) in [6.07, 6.45) is -9.71. The van der Waals surface area contributed by atoms with Gasteiger partial charge in [0.2, 0.25) is 5.82 Å². The van der Waals surface area contributed by atoms with E-state index in [1.165, 1.54) is 24.3 Å². The lowest BCUT2D eigenvalue weighted by atomic mass is 9.64. The Bertz CT molecular complexity index is 1310. The van der Waals surface area contributed by atoms with E-state index in [1.54, 1.807) is 0 Å². The molecule has 46 heavy (non-hydrogen) atoms. The van der Waals surface area contributed by atoms with Crippen LogP contribution in [-0.4, -0.2) is 57.5 Å². The molecule has 0 unspecified atom stereocenters. The molecular weight excluding hydrogens is 677 g/mol. The molecule has 0 N–H and O–H groups in total. The zero-order valence-corrected chi connectivity index (χ0v) is 30.3. The summed E-state index contributed by atoms with van der Waals surface area (Å²) in [5.74, 6) is -23.9. The third kappa shape index (κ3) is 7.36. The number of unbranched alkanes of at least 4 members (excludes halogenated alkanes) is 1. The highest BCUT2D eigenvalue weighted by atomic mass is 28.2. The third-order valence-corrected chi connectivity index (χ3v) is 9.77. The van der Waals surface area contributed by atoms with Crippen molar-refractivity contribution in [1.82, 2.24) is 0 Å². The first kappa shape index (κ1) is 39.8. The second-order valence-electron chi connectivity index (χ2n) is 11.8. The van der Waals surface area contributed by atoms with Crippen LogP contribution in [0.3, 0.4) is 0 Å². The van der Waals surface area contributed by atoms with E-state index in [-0.39, 0.29) is 16.5 Å². The molecule has 0 saturated heterocycles. The molecule has 0 saturated carbocycles. The SMILES string of the molecule is CCC(C)(C)C(C)(C)C(O[SiH3])(O[SiH3])Oc1ccc(-c2ccc(OCCCCC(F)(F)C(F)(F)C(F)(F)C(F)(F)F)c(F)c2F)cc1. The largest absolute Gasteiger partial charge is 0.490 e. The van der Waals surface area contributed by atoms with Gasteiger partial charge < -0.3 is 18.3 Å². The summed E-state index contributed by atoms with van der Waals surface area (Å²) in [4.78, 5) is 0. The molecule has 262 valence electrons. The number of ether oxygens (including phenoxy) is 2. The second-order valence-corrected chi connectivity index (χ2v) is 12.7. The Morgan fingerprint density at radius 2 is 1.24 bits per heavy atom. The maximum absolute atomic E-state index is 15.0. The van der Waals surface area contributed by atoms with Crippen molar-refractivity contribution < 1.29 is 66.6 Å². The van der Waals surface area contributed by atoms with Gasteiger partial charge in [0.1, 0.15) is 5.75 Å².